The molecule has 0 aromatic heterocycles. The van der Waals surface area contributed by atoms with Gasteiger partial charge in [0.25, 0.3) is 5.91 Å². The van der Waals surface area contributed by atoms with Gasteiger partial charge in [0.2, 0.25) is 0 Å². The van der Waals surface area contributed by atoms with Crippen molar-refractivity contribution in [3.05, 3.63) is 60.8 Å². The van der Waals surface area contributed by atoms with E-state index in [2.05, 4.69) is 42.2 Å². The summed E-state index contributed by atoms with van der Waals surface area (Å²) in [5, 5.41) is 13.4. The molecule has 0 saturated carbocycles. The Morgan fingerprint density at radius 3 is 2.75 bits per heavy atom. The number of phenols is 1. The summed E-state index contributed by atoms with van der Waals surface area (Å²) >= 11 is 13.8. The molecule has 1 fully saturated rings. The summed E-state index contributed by atoms with van der Waals surface area (Å²) in [7, 11) is 0. The lowest BCUT2D eigenvalue weighted by molar-refractivity contribution is -0.115. The number of carbonyl (C=O) groups excluding carboxylic acids is 1. The van der Waals surface area contributed by atoms with Gasteiger partial charge in [0.1, 0.15) is 5.75 Å². The van der Waals surface area contributed by atoms with Crippen LogP contribution in [0.15, 0.2) is 55.2 Å². The van der Waals surface area contributed by atoms with Gasteiger partial charge in [0, 0.05) is 14.5 Å². The number of amidine groups is 1. The highest BCUT2D eigenvalue weighted by molar-refractivity contribution is 9.10. The normalized spacial score (nSPS) is 17.5. The molecule has 2 aromatic carbocycles. The highest BCUT2D eigenvalue weighted by atomic mass is 79.9. The number of nitrogens with one attached hydrogen (secondary N) is 1. The Kier molecular flexibility index (Phi) is 5.34. The van der Waals surface area contributed by atoms with Crippen molar-refractivity contribution in [3.8, 4) is 5.75 Å². The van der Waals surface area contributed by atoms with Gasteiger partial charge in [-0.3, -0.25) is 4.79 Å². The highest BCUT2D eigenvalue weighted by Gasteiger charge is 2.24. The molecule has 0 aliphatic carbocycles. The van der Waals surface area contributed by atoms with Gasteiger partial charge in [-0.2, -0.15) is 0 Å². The SMILES string of the molecule is O=C1NC(=Nc2cccc(Br)c2)S/C1=C/c1cc(Br)cc(Cl)c1O. The van der Waals surface area contributed by atoms with E-state index in [1.54, 1.807) is 18.2 Å². The topological polar surface area (TPSA) is 61.7 Å². The van der Waals surface area contributed by atoms with Crippen LogP contribution in [0.25, 0.3) is 6.08 Å². The number of aliphatic imine (C=N–C) groups is 1. The first-order valence-electron chi connectivity index (χ1n) is 6.65. The molecule has 1 saturated heterocycles. The maximum absolute atomic E-state index is 12.1. The summed E-state index contributed by atoms with van der Waals surface area (Å²) in [6.45, 7) is 0. The number of phenolic OH excluding ortho intramolecular Hbond substituents is 1. The molecule has 0 bridgehead atoms. The molecule has 2 N–H and O–H groups in total. The first-order chi connectivity index (χ1) is 11.4. The van der Waals surface area contributed by atoms with E-state index in [4.69, 9.17) is 11.6 Å². The van der Waals surface area contributed by atoms with Crippen LogP contribution in [-0.2, 0) is 4.79 Å². The number of carbonyl (C=O) groups is 1. The predicted octanol–water partition coefficient (Wildman–Crippen LogP) is 5.46. The molecule has 4 nitrogen and oxygen atoms in total. The van der Waals surface area contributed by atoms with Gasteiger partial charge in [-0.25, -0.2) is 4.99 Å². The predicted molar refractivity (Wildman–Crippen MR) is 106 cm³/mol. The van der Waals surface area contributed by atoms with E-state index in [0.717, 1.165) is 10.2 Å². The number of rotatable bonds is 2. The van der Waals surface area contributed by atoms with Crippen molar-refractivity contribution in [3.63, 3.8) is 0 Å². The minimum atomic E-state index is -0.274. The van der Waals surface area contributed by atoms with Crippen LogP contribution in [0.1, 0.15) is 5.56 Å². The van der Waals surface area contributed by atoms with Gasteiger partial charge < -0.3 is 10.4 Å². The van der Waals surface area contributed by atoms with E-state index in [0.29, 0.717) is 20.1 Å². The molecule has 1 aliphatic heterocycles. The van der Waals surface area contributed by atoms with Crippen molar-refractivity contribution in [2.75, 3.05) is 0 Å². The Morgan fingerprint density at radius 1 is 1.21 bits per heavy atom. The molecular weight excluding hydrogens is 480 g/mol. The van der Waals surface area contributed by atoms with Crippen LogP contribution >= 0.6 is 55.2 Å². The number of amides is 1. The average Bonchev–Trinajstić information content (AvgIpc) is 2.84. The van der Waals surface area contributed by atoms with Crippen LogP contribution in [0.5, 0.6) is 5.75 Å². The lowest BCUT2D eigenvalue weighted by atomic mass is 10.2. The zero-order valence-corrected chi connectivity index (χ0v) is 16.6. The number of hydrogen-bond donors (Lipinski definition) is 2. The number of hydrogen-bond acceptors (Lipinski definition) is 4. The number of thioether (sulfide) groups is 1. The van der Waals surface area contributed by atoms with Gasteiger partial charge in [-0.1, -0.05) is 49.5 Å². The zero-order chi connectivity index (χ0) is 17.3. The van der Waals surface area contributed by atoms with Gasteiger partial charge in [-0.15, -0.1) is 0 Å². The molecule has 24 heavy (non-hydrogen) atoms. The number of aromatic hydroxyl groups is 1. The lowest BCUT2D eigenvalue weighted by Crippen LogP contribution is -2.19. The fourth-order valence-electron chi connectivity index (χ4n) is 1.98. The number of nitrogens with zero attached hydrogens (tertiary/aromatic N) is 1. The Morgan fingerprint density at radius 2 is 2.00 bits per heavy atom. The molecular formula is C16H9Br2ClN2O2S. The van der Waals surface area contributed by atoms with Crippen LogP contribution in [-0.4, -0.2) is 16.2 Å². The molecule has 122 valence electrons. The fraction of sp³-hybridized carbons (Fsp3) is 0. The van der Waals surface area contributed by atoms with E-state index in [9.17, 15) is 9.90 Å². The Hall–Kier alpha value is -1.28. The zero-order valence-electron chi connectivity index (χ0n) is 11.9. The summed E-state index contributed by atoms with van der Waals surface area (Å²) in [6, 6.07) is 10.7. The molecule has 0 radical (unpaired) electrons. The van der Waals surface area contributed by atoms with Crippen LogP contribution in [0.2, 0.25) is 5.02 Å². The van der Waals surface area contributed by atoms with Crippen molar-refractivity contribution in [2.45, 2.75) is 0 Å². The quantitative estimate of drug-likeness (QED) is 0.552. The number of halogens is 3. The van der Waals surface area contributed by atoms with Crippen LogP contribution in [0.4, 0.5) is 5.69 Å². The van der Waals surface area contributed by atoms with E-state index in [-0.39, 0.29) is 16.7 Å². The largest absolute Gasteiger partial charge is 0.506 e. The van der Waals surface area contributed by atoms with Crippen LogP contribution < -0.4 is 5.32 Å². The maximum atomic E-state index is 12.1. The second-order valence-electron chi connectivity index (χ2n) is 4.79. The molecule has 2 aromatic rings. The minimum absolute atomic E-state index is 0.0712. The first-order valence-corrected chi connectivity index (χ1v) is 9.43. The van der Waals surface area contributed by atoms with Gasteiger partial charge in [-0.05, 0) is 48.2 Å². The standard InChI is InChI=1S/C16H9Br2ClN2O2S/c17-9-2-1-3-11(6-9)20-16-21-15(23)13(24-16)5-8-4-10(18)7-12(19)14(8)22/h1-7,22H,(H,20,21,23)/b13-5+. The molecule has 1 amide bonds. The molecule has 0 unspecified atom stereocenters. The second kappa shape index (κ2) is 7.31. The third-order valence-electron chi connectivity index (χ3n) is 3.03. The molecule has 1 heterocycles. The minimum Gasteiger partial charge on any atom is -0.506 e. The van der Waals surface area contributed by atoms with Crippen molar-refractivity contribution < 1.29 is 9.90 Å². The summed E-state index contributed by atoms with van der Waals surface area (Å²) in [4.78, 5) is 16.9. The summed E-state index contributed by atoms with van der Waals surface area (Å²) < 4.78 is 1.62. The second-order valence-corrected chi connectivity index (χ2v) is 8.06. The van der Waals surface area contributed by atoms with Gasteiger partial charge in [0.15, 0.2) is 5.17 Å². The van der Waals surface area contributed by atoms with E-state index >= 15 is 0 Å². The molecule has 0 spiro atoms. The highest BCUT2D eigenvalue weighted by Crippen LogP contribution is 2.35. The Balaban J connectivity index is 1.90. The summed E-state index contributed by atoms with van der Waals surface area (Å²) in [6.07, 6.45) is 1.58. The Bertz CT molecular complexity index is 900. The van der Waals surface area contributed by atoms with Crippen molar-refractivity contribution in [2.24, 2.45) is 4.99 Å². The summed E-state index contributed by atoms with van der Waals surface area (Å²) in [5.41, 5.74) is 1.18. The van der Waals surface area contributed by atoms with Crippen LogP contribution in [0, 0.1) is 0 Å². The fourth-order valence-corrected chi connectivity index (χ4v) is 4.03. The lowest BCUT2D eigenvalue weighted by Gasteiger charge is -2.03. The first kappa shape index (κ1) is 17.5. The van der Waals surface area contributed by atoms with E-state index < -0.39 is 0 Å². The molecule has 3 rings (SSSR count). The third-order valence-corrected chi connectivity index (χ3v) is 5.18. The van der Waals surface area contributed by atoms with Crippen LogP contribution in [0.3, 0.4) is 0 Å². The van der Waals surface area contributed by atoms with E-state index in [1.807, 2.05) is 24.3 Å². The molecule has 1 aliphatic rings. The number of benzene rings is 2. The molecule has 0 atom stereocenters. The molecule has 8 heteroatoms. The average molecular weight is 489 g/mol. The maximum Gasteiger partial charge on any atom is 0.264 e. The Labute approximate surface area is 164 Å². The van der Waals surface area contributed by atoms with E-state index in [1.165, 1.54) is 11.8 Å². The van der Waals surface area contributed by atoms with Crippen molar-refractivity contribution in [1.82, 2.24) is 5.32 Å². The monoisotopic (exact) mass is 486 g/mol. The van der Waals surface area contributed by atoms with Gasteiger partial charge >= 0.3 is 0 Å². The third kappa shape index (κ3) is 4.03. The smallest absolute Gasteiger partial charge is 0.264 e. The van der Waals surface area contributed by atoms with Crippen molar-refractivity contribution in [1.29, 1.82) is 0 Å². The van der Waals surface area contributed by atoms with Gasteiger partial charge in [0.05, 0.1) is 15.6 Å². The summed E-state index contributed by atoms with van der Waals surface area (Å²) in [5.74, 6) is -0.345. The van der Waals surface area contributed by atoms with Crippen molar-refractivity contribution >= 4 is 78.1 Å².